The largest absolute Gasteiger partial charge is 0.495 e. The molecular weight excluding hydrogens is 394 g/mol. The first-order valence-electron chi connectivity index (χ1n) is 10.7. The quantitative estimate of drug-likeness (QED) is 0.677. The van der Waals surface area contributed by atoms with Crippen molar-refractivity contribution in [3.05, 3.63) is 48.0 Å². The maximum absolute atomic E-state index is 12.9. The second-order valence-electron chi connectivity index (χ2n) is 7.73. The van der Waals surface area contributed by atoms with Gasteiger partial charge in [0.05, 0.1) is 31.6 Å². The van der Waals surface area contributed by atoms with E-state index in [9.17, 15) is 9.59 Å². The molecule has 7 nitrogen and oxygen atoms in total. The number of benzene rings is 2. The number of aryl methyl sites for hydroxylation is 1. The number of methoxy groups -OCH3 is 1. The minimum atomic E-state index is -0.684. The predicted octanol–water partition coefficient (Wildman–Crippen LogP) is 3.51. The van der Waals surface area contributed by atoms with Crippen LogP contribution in [0.1, 0.15) is 32.3 Å². The summed E-state index contributed by atoms with van der Waals surface area (Å²) in [5, 5.41) is 5.97. The number of anilines is 2. The molecule has 1 unspecified atom stereocenters. The van der Waals surface area contributed by atoms with E-state index < -0.39 is 6.10 Å². The van der Waals surface area contributed by atoms with Crippen LogP contribution >= 0.6 is 0 Å². The van der Waals surface area contributed by atoms with Crippen LogP contribution < -0.4 is 25.0 Å². The standard InChI is InChI=1S/C24H31N3O4/c1-5-17(6-2)25-24(29)22-14-27(19-9-7-8-10-21(19)31-22)15-23(28)26-18-13-16(3)11-12-20(18)30-4/h7-13,17,22H,5-6,14-15H2,1-4H3,(H,25,29)(H,26,28). The number of hydrogen-bond acceptors (Lipinski definition) is 5. The summed E-state index contributed by atoms with van der Waals surface area (Å²) in [4.78, 5) is 27.5. The molecule has 2 aromatic carbocycles. The van der Waals surface area contributed by atoms with E-state index in [2.05, 4.69) is 10.6 Å². The van der Waals surface area contributed by atoms with E-state index in [1.54, 1.807) is 7.11 Å². The number of carbonyl (C=O) groups excluding carboxylic acids is 2. The Morgan fingerprint density at radius 2 is 1.94 bits per heavy atom. The van der Waals surface area contributed by atoms with Crippen LogP contribution in [0.25, 0.3) is 0 Å². The summed E-state index contributed by atoms with van der Waals surface area (Å²) in [5.74, 6) is 0.844. The van der Waals surface area contributed by atoms with Crippen LogP contribution in [0.3, 0.4) is 0 Å². The van der Waals surface area contributed by atoms with Crippen LogP contribution in [0.5, 0.6) is 11.5 Å². The first-order chi connectivity index (χ1) is 14.9. The zero-order valence-electron chi connectivity index (χ0n) is 18.6. The minimum absolute atomic E-state index is 0.0895. The lowest BCUT2D eigenvalue weighted by Gasteiger charge is -2.35. The molecular formula is C24H31N3O4. The summed E-state index contributed by atoms with van der Waals surface area (Å²) in [6, 6.07) is 13.2. The number of amides is 2. The van der Waals surface area contributed by atoms with Gasteiger partial charge in [-0.1, -0.05) is 32.0 Å². The summed E-state index contributed by atoms with van der Waals surface area (Å²) in [6.07, 6.45) is 1.03. The van der Waals surface area contributed by atoms with E-state index >= 15 is 0 Å². The van der Waals surface area contributed by atoms with E-state index in [0.29, 0.717) is 23.7 Å². The molecule has 0 saturated carbocycles. The number of carbonyl (C=O) groups is 2. The summed E-state index contributed by atoms with van der Waals surface area (Å²) in [6.45, 7) is 6.42. The molecule has 1 heterocycles. The molecule has 0 bridgehead atoms. The molecule has 2 aromatic rings. The first kappa shape index (κ1) is 22.5. The molecule has 0 spiro atoms. The highest BCUT2D eigenvalue weighted by Crippen LogP contribution is 2.33. The van der Waals surface area contributed by atoms with Gasteiger partial charge in [0.2, 0.25) is 5.91 Å². The molecule has 1 aliphatic heterocycles. The van der Waals surface area contributed by atoms with E-state index in [0.717, 1.165) is 24.1 Å². The normalized spacial score (nSPS) is 15.1. The maximum atomic E-state index is 12.9. The highest BCUT2D eigenvalue weighted by Gasteiger charge is 2.32. The summed E-state index contributed by atoms with van der Waals surface area (Å²) < 4.78 is 11.3. The first-order valence-corrected chi connectivity index (χ1v) is 10.7. The minimum Gasteiger partial charge on any atom is -0.495 e. The Hall–Kier alpha value is -3.22. The number of fused-ring (bicyclic) bond motifs is 1. The molecule has 7 heteroatoms. The Labute approximate surface area is 183 Å². The number of ether oxygens (including phenoxy) is 2. The van der Waals surface area contributed by atoms with E-state index in [4.69, 9.17) is 9.47 Å². The molecule has 31 heavy (non-hydrogen) atoms. The molecule has 0 fully saturated rings. The van der Waals surface area contributed by atoms with Crippen molar-refractivity contribution in [3.63, 3.8) is 0 Å². The van der Waals surface area contributed by atoms with E-state index in [1.807, 2.05) is 68.1 Å². The smallest absolute Gasteiger partial charge is 0.263 e. The second kappa shape index (κ2) is 10.2. The lowest BCUT2D eigenvalue weighted by atomic mass is 10.1. The molecule has 0 aliphatic carbocycles. The summed E-state index contributed by atoms with van der Waals surface area (Å²) >= 11 is 0. The Morgan fingerprint density at radius 1 is 1.19 bits per heavy atom. The Kier molecular flexibility index (Phi) is 7.39. The zero-order valence-corrected chi connectivity index (χ0v) is 18.6. The van der Waals surface area contributed by atoms with Gasteiger partial charge in [0.25, 0.3) is 5.91 Å². The van der Waals surface area contributed by atoms with Gasteiger partial charge >= 0.3 is 0 Å². The number of para-hydroxylation sites is 2. The third-order valence-corrected chi connectivity index (χ3v) is 5.45. The van der Waals surface area contributed by atoms with Gasteiger partial charge in [-0.3, -0.25) is 9.59 Å². The van der Waals surface area contributed by atoms with Crippen molar-refractivity contribution in [2.75, 3.05) is 30.4 Å². The molecule has 2 amide bonds. The number of nitrogens with one attached hydrogen (secondary N) is 2. The monoisotopic (exact) mass is 425 g/mol. The fourth-order valence-corrected chi connectivity index (χ4v) is 3.66. The van der Waals surface area contributed by atoms with Gasteiger partial charge < -0.3 is 25.0 Å². The van der Waals surface area contributed by atoms with Crippen molar-refractivity contribution in [2.24, 2.45) is 0 Å². The summed E-state index contributed by atoms with van der Waals surface area (Å²) in [5.41, 5.74) is 2.43. The van der Waals surface area contributed by atoms with Gasteiger partial charge in [-0.2, -0.15) is 0 Å². The van der Waals surface area contributed by atoms with E-state index in [-0.39, 0.29) is 24.4 Å². The van der Waals surface area contributed by atoms with Crippen molar-refractivity contribution < 1.29 is 19.1 Å². The van der Waals surface area contributed by atoms with Crippen LogP contribution in [0.15, 0.2) is 42.5 Å². The lowest BCUT2D eigenvalue weighted by Crippen LogP contribution is -2.52. The lowest BCUT2D eigenvalue weighted by molar-refractivity contribution is -0.129. The van der Waals surface area contributed by atoms with Gasteiger partial charge in [0, 0.05) is 6.04 Å². The number of hydrogen-bond donors (Lipinski definition) is 2. The van der Waals surface area contributed by atoms with Gasteiger partial charge in [0.1, 0.15) is 11.5 Å². The molecule has 1 aliphatic rings. The molecule has 166 valence electrons. The van der Waals surface area contributed by atoms with Crippen LogP contribution in [-0.4, -0.2) is 44.2 Å². The highest BCUT2D eigenvalue weighted by molar-refractivity contribution is 5.96. The predicted molar refractivity (Wildman–Crippen MR) is 122 cm³/mol. The van der Waals surface area contributed by atoms with Crippen LogP contribution in [-0.2, 0) is 9.59 Å². The third-order valence-electron chi connectivity index (χ3n) is 5.45. The Morgan fingerprint density at radius 3 is 2.65 bits per heavy atom. The van der Waals surface area contributed by atoms with Gasteiger partial charge in [-0.15, -0.1) is 0 Å². The van der Waals surface area contributed by atoms with Crippen molar-refractivity contribution in [2.45, 2.75) is 45.8 Å². The third kappa shape index (κ3) is 5.48. The molecule has 1 atom stereocenters. The van der Waals surface area contributed by atoms with Crippen molar-refractivity contribution in [1.29, 1.82) is 0 Å². The molecule has 0 aromatic heterocycles. The molecule has 0 saturated heterocycles. The average molecular weight is 426 g/mol. The van der Waals surface area contributed by atoms with Crippen LogP contribution in [0.2, 0.25) is 0 Å². The van der Waals surface area contributed by atoms with Crippen LogP contribution in [0.4, 0.5) is 11.4 Å². The number of rotatable bonds is 8. The second-order valence-corrected chi connectivity index (χ2v) is 7.73. The van der Waals surface area contributed by atoms with Gasteiger partial charge in [0.15, 0.2) is 6.10 Å². The van der Waals surface area contributed by atoms with Gasteiger partial charge in [-0.25, -0.2) is 0 Å². The molecule has 0 radical (unpaired) electrons. The highest BCUT2D eigenvalue weighted by atomic mass is 16.5. The number of nitrogens with zero attached hydrogens (tertiary/aromatic N) is 1. The van der Waals surface area contributed by atoms with Crippen molar-refractivity contribution in [3.8, 4) is 11.5 Å². The van der Waals surface area contributed by atoms with Crippen molar-refractivity contribution >= 4 is 23.2 Å². The molecule has 3 rings (SSSR count). The SMILES string of the molecule is CCC(CC)NC(=O)C1CN(CC(=O)Nc2cc(C)ccc2OC)c2ccccc2O1. The zero-order chi connectivity index (χ0) is 22.4. The van der Waals surface area contributed by atoms with Gasteiger partial charge in [-0.05, 0) is 49.6 Å². The van der Waals surface area contributed by atoms with Crippen LogP contribution in [0, 0.1) is 6.92 Å². The fraction of sp³-hybridized carbons (Fsp3) is 0.417. The van der Waals surface area contributed by atoms with E-state index in [1.165, 1.54) is 0 Å². The fourth-order valence-electron chi connectivity index (χ4n) is 3.66. The topological polar surface area (TPSA) is 79.9 Å². The Bertz CT molecular complexity index is 927. The van der Waals surface area contributed by atoms with Crippen molar-refractivity contribution in [1.82, 2.24) is 5.32 Å². The summed E-state index contributed by atoms with van der Waals surface area (Å²) in [7, 11) is 1.57. The average Bonchev–Trinajstić information content (AvgIpc) is 2.77. The Balaban J connectivity index is 1.75. The maximum Gasteiger partial charge on any atom is 0.263 e. The molecule has 2 N–H and O–H groups in total.